The van der Waals surface area contributed by atoms with Gasteiger partial charge in [-0.3, -0.25) is 5.32 Å². The lowest BCUT2D eigenvalue weighted by molar-refractivity contribution is -0.152. The first-order valence-corrected chi connectivity index (χ1v) is 10.7. The number of esters is 1. The minimum Gasteiger partial charge on any atom is -0.467 e. The second-order valence-electron chi connectivity index (χ2n) is 8.20. The number of ether oxygens (including phenoxy) is 1. The lowest BCUT2D eigenvalue weighted by Crippen LogP contribution is -2.56. The van der Waals surface area contributed by atoms with Crippen LogP contribution in [0.3, 0.4) is 0 Å². The fourth-order valence-corrected chi connectivity index (χ4v) is 4.15. The summed E-state index contributed by atoms with van der Waals surface area (Å²) in [5, 5.41) is 14.6. The van der Waals surface area contributed by atoms with Crippen LogP contribution in [-0.4, -0.2) is 30.3 Å². The van der Waals surface area contributed by atoms with Gasteiger partial charge in [-0.25, -0.2) is 4.79 Å². The molecule has 0 aliphatic carbocycles. The van der Waals surface area contributed by atoms with Gasteiger partial charge in [-0.2, -0.15) is 0 Å². The largest absolute Gasteiger partial charge is 0.467 e. The van der Waals surface area contributed by atoms with Crippen molar-refractivity contribution in [3.05, 3.63) is 108 Å². The molecule has 0 heterocycles. The molecule has 4 heteroatoms. The molecule has 2 atom stereocenters. The van der Waals surface area contributed by atoms with Crippen molar-refractivity contribution in [2.75, 3.05) is 7.11 Å². The summed E-state index contributed by atoms with van der Waals surface area (Å²) >= 11 is 0. The summed E-state index contributed by atoms with van der Waals surface area (Å²) in [5.74, 6) is -0.377. The van der Waals surface area contributed by atoms with Gasteiger partial charge in [0.1, 0.15) is 0 Å². The Morgan fingerprint density at radius 1 is 0.839 bits per heavy atom. The van der Waals surface area contributed by atoms with Gasteiger partial charge in [0.2, 0.25) is 0 Å². The quantitative estimate of drug-likeness (QED) is 0.397. The molecule has 3 aromatic rings. The Kier molecular flexibility index (Phi) is 7.61. The summed E-state index contributed by atoms with van der Waals surface area (Å²) in [7, 11) is 1.30. The van der Waals surface area contributed by atoms with Crippen LogP contribution in [-0.2, 0) is 15.1 Å². The molecule has 0 aromatic heterocycles. The highest BCUT2D eigenvalue weighted by molar-refractivity contribution is 5.75. The van der Waals surface area contributed by atoms with Crippen molar-refractivity contribution in [3.63, 3.8) is 0 Å². The van der Waals surface area contributed by atoms with E-state index in [2.05, 4.69) is 55.6 Å². The molecule has 31 heavy (non-hydrogen) atoms. The summed E-state index contributed by atoms with van der Waals surface area (Å²) in [6.07, 6.45) is -0.687. The molecule has 0 unspecified atom stereocenters. The van der Waals surface area contributed by atoms with Gasteiger partial charge in [0.05, 0.1) is 12.6 Å². The predicted molar refractivity (Wildman–Crippen MR) is 124 cm³/mol. The fraction of sp³-hybridized carbons (Fsp3) is 0.296. The number of carbonyl (C=O) groups excluding carboxylic acids is 1. The van der Waals surface area contributed by atoms with E-state index in [9.17, 15) is 9.90 Å². The van der Waals surface area contributed by atoms with Gasteiger partial charge < -0.3 is 9.84 Å². The maximum Gasteiger partial charge on any atom is 0.336 e. The van der Waals surface area contributed by atoms with E-state index in [1.54, 1.807) is 0 Å². The summed E-state index contributed by atoms with van der Waals surface area (Å²) in [5.41, 5.74) is 2.31. The SMILES string of the molecule is COC(=O)[C@H](O)[C@H](CC(C)C)NC(c1ccccc1)(c1ccccc1)c1ccccc1. The highest BCUT2D eigenvalue weighted by Crippen LogP contribution is 2.38. The van der Waals surface area contributed by atoms with Crippen LogP contribution in [0, 0.1) is 5.92 Å². The van der Waals surface area contributed by atoms with Crippen LogP contribution in [0.4, 0.5) is 0 Å². The topological polar surface area (TPSA) is 58.6 Å². The summed E-state index contributed by atoms with van der Waals surface area (Å²) < 4.78 is 4.88. The van der Waals surface area contributed by atoms with Gasteiger partial charge in [0.15, 0.2) is 6.10 Å². The molecular formula is C27H31NO3. The Bertz CT molecular complexity index is 845. The van der Waals surface area contributed by atoms with Crippen LogP contribution >= 0.6 is 0 Å². The van der Waals surface area contributed by atoms with Crippen molar-refractivity contribution in [1.29, 1.82) is 0 Å². The fourth-order valence-electron chi connectivity index (χ4n) is 4.15. The number of aliphatic hydroxyl groups is 1. The van der Waals surface area contributed by atoms with E-state index < -0.39 is 23.7 Å². The third kappa shape index (κ3) is 5.04. The first kappa shape index (κ1) is 22.7. The number of methoxy groups -OCH3 is 1. The first-order chi connectivity index (χ1) is 15.0. The Balaban J connectivity index is 2.24. The van der Waals surface area contributed by atoms with E-state index in [-0.39, 0.29) is 5.92 Å². The minimum atomic E-state index is -1.29. The third-order valence-corrected chi connectivity index (χ3v) is 5.57. The molecule has 0 radical (unpaired) electrons. The van der Waals surface area contributed by atoms with E-state index in [0.717, 1.165) is 16.7 Å². The van der Waals surface area contributed by atoms with Crippen LogP contribution in [0.1, 0.15) is 37.0 Å². The average Bonchev–Trinajstić information content (AvgIpc) is 2.82. The Hall–Kier alpha value is -2.95. The maximum atomic E-state index is 12.3. The van der Waals surface area contributed by atoms with Crippen LogP contribution in [0.25, 0.3) is 0 Å². The molecule has 4 nitrogen and oxygen atoms in total. The summed E-state index contributed by atoms with van der Waals surface area (Å²) in [4.78, 5) is 12.3. The monoisotopic (exact) mass is 417 g/mol. The van der Waals surface area contributed by atoms with E-state index in [1.165, 1.54) is 7.11 Å². The molecule has 0 aliphatic rings. The number of hydrogen-bond acceptors (Lipinski definition) is 4. The summed E-state index contributed by atoms with van der Waals surface area (Å²) in [6.45, 7) is 4.15. The Labute approximate surface area is 184 Å². The van der Waals surface area contributed by atoms with Crippen LogP contribution in [0.2, 0.25) is 0 Å². The molecule has 0 saturated heterocycles. The van der Waals surface area contributed by atoms with Crippen LogP contribution in [0.15, 0.2) is 91.0 Å². The Morgan fingerprint density at radius 2 is 1.23 bits per heavy atom. The molecule has 3 aromatic carbocycles. The van der Waals surface area contributed by atoms with E-state index in [0.29, 0.717) is 6.42 Å². The lowest BCUT2D eigenvalue weighted by Gasteiger charge is -2.41. The van der Waals surface area contributed by atoms with Gasteiger partial charge >= 0.3 is 5.97 Å². The molecule has 3 rings (SSSR count). The van der Waals surface area contributed by atoms with Crippen molar-refractivity contribution in [2.45, 2.75) is 38.0 Å². The zero-order chi connectivity index (χ0) is 22.3. The molecule has 0 bridgehead atoms. The molecule has 0 saturated carbocycles. The number of benzene rings is 3. The van der Waals surface area contributed by atoms with Crippen molar-refractivity contribution < 1.29 is 14.6 Å². The van der Waals surface area contributed by atoms with Crippen molar-refractivity contribution in [2.24, 2.45) is 5.92 Å². The standard InChI is InChI=1S/C27H31NO3/c1-20(2)19-24(25(29)26(30)31-3)28-27(21-13-7-4-8-14-21,22-15-9-5-10-16-22)23-17-11-6-12-18-23/h4-18,20,24-25,28-29H,19H2,1-3H3/t24-,25+/m0/s1. The first-order valence-electron chi connectivity index (χ1n) is 10.7. The molecule has 0 spiro atoms. The van der Waals surface area contributed by atoms with Gasteiger partial charge in [-0.15, -0.1) is 0 Å². The Morgan fingerprint density at radius 3 is 1.55 bits per heavy atom. The van der Waals surface area contributed by atoms with Crippen LogP contribution in [0.5, 0.6) is 0 Å². The molecule has 0 amide bonds. The lowest BCUT2D eigenvalue weighted by atomic mass is 9.75. The van der Waals surface area contributed by atoms with Gasteiger partial charge in [0.25, 0.3) is 0 Å². The van der Waals surface area contributed by atoms with Gasteiger partial charge in [-0.1, -0.05) is 105 Å². The van der Waals surface area contributed by atoms with E-state index in [4.69, 9.17) is 4.74 Å². The normalized spacial score (nSPS) is 13.6. The molecular weight excluding hydrogens is 386 g/mol. The van der Waals surface area contributed by atoms with Crippen molar-refractivity contribution in [1.82, 2.24) is 5.32 Å². The highest BCUT2D eigenvalue weighted by Gasteiger charge is 2.41. The van der Waals surface area contributed by atoms with Crippen LogP contribution < -0.4 is 5.32 Å². The van der Waals surface area contributed by atoms with Crippen molar-refractivity contribution in [3.8, 4) is 0 Å². The zero-order valence-corrected chi connectivity index (χ0v) is 18.4. The number of aliphatic hydroxyl groups excluding tert-OH is 1. The smallest absolute Gasteiger partial charge is 0.336 e. The molecule has 0 fully saturated rings. The number of hydrogen-bond donors (Lipinski definition) is 2. The summed E-state index contributed by atoms with van der Waals surface area (Å²) in [6, 6.07) is 29.9. The van der Waals surface area contributed by atoms with Crippen molar-refractivity contribution >= 4 is 5.97 Å². The maximum absolute atomic E-state index is 12.3. The molecule has 162 valence electrons. The zero-order valence-electron chi connectivity index (χ0n) is 18.4. The van der Waals surface area contributed by atoms with Gasteiger partial charge in [0, 0.05) is 6.04 Å². The second kappa shape index (κ2) is 10.4. The highest BCUT2D eigenvalue weighted by atomic mass is 16.5. The van der Waals surface area contributed by atoms with E-state index in [1.807, 2.05) is 54.6 Å². The number of carbonyl (C=O) groups is 1. The average molecular weight is 418 g/mol. The van der Waals surface area contributed by atoms with E-state index >= 15 is 0 Å². The third-order valence-electron chi connectivity index (χ3n) is 5.57. The second-order valence-corrected chi connectivity index (χ2v) is 8.20. The predicted octanol–water partition coefficient (Wildman–Crippen LogP) is 4.52. The molecule has 0 aliphatic heterocycles. The molecule has 2 N–H and O–H groups in total. The van der Waals surface area contributed by atoms with Gasteiger partial charge in [-0.05, 0) is 29.0 Å². The minimum absolute atomic E-state index is 0.261. The number of nitrogens with one attached hydrogen (secondary N) is 1. The number of rotatable bonds is 9.